The molecule has 3 heteroatoms. The number of phenolic OH excluding ortho intramolecular Hbond substituents is 1. The van der Waals surface area contributed by atoms with Gasteiger partial charge in [-0.2, -0.15) is 0 Å². The maximum atomic E-state index is 12.6. The van der Waals surface area contributed by atoms with Crippen LogP contribution in [0.3, 0.4) is 0 Å². The Bertz CT molecular complexity index is 726. The van der Waals surface area contributed by atoms with Gasteiger partial charge >= 0.3 is 0 Å². The van der Waals surface area contributed by atoms with Crippen LogP contribution in [0.1, 0.15) is 62.5 Å². The molecular weight excluding hydrogens is 288 g/mol. The molecule has 0 amide bonds. The number of aliphatic hydroxyl groups is 1. The molecule has 0 aromatic heterocycles. The molecule has 0 heterocycles. The number of hydrogen-bond acceptors (Lipinski definition) is 3. The topological polar surface area (TPSA) is 57.5 Å². The van der Waals surface area contributed by atoms with E-state index in [1.807, 2.05) is 6.07 Å². The molecule has 0 saturated heterocycles. The third kappa shape index (κ3) is 1.36. The zero-order valence-corrected chi connectivity index (χ0v) is 13.6. The molecule has 1 aromatic rings. The Morgan fingerprint density at radius 3 is 2.78 bits per heavy atom. The molecular formula is C20H24O3. The Hall–Kier alpha value is -1.35. The van der Waals surface area contributed by atoms with E-state index in [0.717, 1.165) is 32.1 Å². The summed E-state index contributed by atoms with van der Waals surface area (Å²) in [5, 5.41) is 20.9. The van der Waals surface area contributed by atoms with Gasteiger partial charge in [0.2, 0.25) is 0 Å². The standard InChI is InChI=1S/C20H24O3/c1-18-7-6-15-14-4-3-13(21)10-12(14)2-5-16(15)19(18)8-9-20(18,23)17(22)11-19/h3-4,10,15-16,21,23H,2,5-9,11H2,1H3/t15?,16?,18-,19?,20-/m0/s1. The van der Waals surface area contributed by atoms with Gasteiger partial charge in [0, 0.05) is 11.8 Å². The van der Waals surface area contributed by atoms with Crippen molar-refractivity contribution in [3.63, 3.8) is 0 Å². The molecule has 0 aliphatic heterocycles. The molecule has 4 aliphatic carbocycles. The molecule has 2 bridgehead atoms. The lowest BCUT2D eigenvalue weighted by Gasteiger charge is -2.56. The highest BCUT2D eigenvalue weighted by molar-refractivity contribution is 5.93. The number of ketones is 1. The maximum absolute atomic E-state index is 12.6. The Balaban J connectivity index is 1.64. The zero-order chi connectivity index (χ0) is 16.0. The largest absolute Gasteiger partial charge is 0.508 e. The number of carbonyl (C=O) groups is 1. The Labute approximate surface area is 136 Å². The second kappa shape index (κ2) is 4.00. The molecule has 122 valence electrons. The summed E-state index contributed by atoms with van der Waals surface area (Å²) in [5.74, 6) is 1.44. The number of rotatable bonds is 0. The predicted octanol–water partition coefficient (Wildman–Crippen LogP) is 3.32. The van der Waals surface area contributed by atoms with Gasteiger partial charge in [-0.05, 0) is 79.0 Å². The van der Waals surface area contributed by atoms with Gasteiger partial charge < -0.3 is 10.2 Å². The van der Waals surface area contributed by atoms with Crippen LogP contribution < -0.4 is 0 Å². The van der Waals surface area contributed by atoms with E-state index < -0.39 is 5.60 Å². The lowest BCUT2D eigenvalue weighted by Crippen LogP contribution is -2.52. The third-order valence-electron chi connectivity index (χ3n) is 8.28. The number of Topliss-reactive ketones (excluding diaryl/α,β-unsaturated/α-hetero) is 1. The van der Waals surface area contributed by atoms with E-state index in [0.29, 0.717) is 30.4 Å². The minimum absolute atomic E-state index is 0.00265. The molecule has 3 unspecified atom stereocenters. The van der Waals surface area contributed by atoms with Gasteiger partial charge in [0.05, 0.1) is 0 Å². The highest BCUT2D eigenvalue weighted by Crippen LogP contribution is 2.76. The second-order valence-electron chi connectivity index (χ2n) is 8.62. The molecule has 3 fully saturated rings. The number of phenols is 1. The minimum Gasteiger partial charge on any atom is -0.508 e. The van der Waals surface area contributed by atoms with E-state index in [-0.39, 0.29) is 16.6 Å². The first-order valence-electron chi connectivity index (χ1n) is 8.99. The van der Waals surface area contributed by atoms with E-state index in [1.54, 1.807) is 6.07 Å². The Kier molecular flexibility index (Phi) is 2.44. The highest BCUT2D eigenvalue weighted by Gasteiger charge is 2.76. The minimum atomic E-state index is -1.06. The fourth-order valence-electron chi connectivity index (χ4n) is 7.07. The number of aromatic hydroxyl groups is 1. The van der Waals surface area contributed by atoms with Crippen LogP contribution in [0.4, 0.5) is 0 Å². The molecule has 5 rings (SSSR count). The first-order chi connectivity index (χ1) is 10.9. The van der Waals surface area contributed by atoms with Crippen LogP contribution in [0, 0.1) is 16.7 Å². The number of fused-ring (bicyclic) bond motifs is 3. The summed E-state index contributed by atoms with van der Waals surface area (Å²) in [5.41, 5.74) is 1.37. The Morgan fingerprint density at radius 2 is 2.00 bits per heavy atom. The van der Waals surface area contributed by atoms with Crippen molar-refractivity contribution < 1.29 is 15.0 Å². The number of benzene rings is 1. The lowest BCUT2D eigenvalue weighted by molar-refractivity contribution is -0.144. The predicted molar refractivity (Wildman–Crippen MR) is 86.2 cm³/mol. The van der Waals surface area contributed by atoms with Crippen molar-refractivity contribution >= 4 is 5.78 Å². The van der Waals surface area contributed by atoms with E-state index >= 15 is 0 Å². The molecule has 0 radical (unpaired) electrons. The van der Waals surface area contributed by atoms with Crippen LogP contribution >= 0.6 is 0 Å². The van der Waals surface area contributed by atoms with Crippen molar-refractivity contribution in [2.24, 2.45) is 16.7 Å². The quantitative estimate of drug-likeness (QED) is 0.772. The first kappa shape index (κ1) is 14.0. The van der Waals surface area contributed by atoms with Crippen LogP contribution in [0.5, 0.6) is 5.75 Å². The van der Waals surface area contributed by atoms with Crippen molar-refractivity contribution in [1.82, 2.24) is 0 Å². The van der Waals surface area contributed by atoms with Gasteiger partial charge in [0.25, 0.3) is 0 Å². The average Bonchev–Trinajstić information content (AvgIpc) is 2.86. The van der Waals surface area contributed by atoms with Crippen LogP contribution in [0.25, 0.3) is 0 Å². The van der Waals surface area contributed by atoms with Gasteiger partial charge in [0.1, 0.15) is 11.4 Å². The average molecular weight is 312 g/mol. The van der Waals surface area contributed by atoms with Crippen LogP contribution in [0.2, 0.25) is 0 Å². The summed E-state index contributed by atoms with van der Waals surface area (Å²) >= 11 is 0. The van der Waals surface area contributed by atoms with Crippen molar-refractivity contribution in [1.29, 1.82) is 0 Å². The zero-order valence-electron chi connectivity index (χ0n) is 13.6. The molecule has 1 aromatic carbocycles. The number of hydrogen-bond donors (Lipinski definition) is 2. The van der Waals surface area contributed by atoms with Crippen molar-refractivity contribution in [3.05, 3.63) is 29.3 Å². The molecule has 23 heavy (non-hydrogen) atoms. The fourth-order valence-corrected chi connectivity index (χ4v) is 7.07. The van der Waals surface area contributed by atoms with Gasteiger partial charge in [-0.1, -0.05) is 13.0 Å². The SMILES string of the molecule is C[C@]12CCC3c4ccc(O)cc4CCC3C13CC[C@]2(O)C(=O)C3. The van der Waals surface area contributed by atoms with Crippen LogP contribution in [0.15, 0.2) is 18.2 Å². The number of carbonyl (C=O) groups excluding carboxylic acids is 1. The third-order valence-corrected chi connectivity index (χ3v) is 8.28. The number of aryl methyl sites for hydroxylation is 1. The van der Waals surface area contributed by atoms with Gasteiger partial charge in [-0.3, -0.25) is 4.79 Å². The molecule has 4 aliphatic rings. The van der Waals surface area contributed by atoms with Crippen molar-refractivity contribution in [2.45, 2.75) is 63.4 Å². The van der Waals surface area contributed by atoms with Gasteiger partial charge in [-0.15, -0.1) is 0 Å². The second-order valence-corrected chi connectivity index (χ2v) is 8.62. The van der Waals surface area contributed by atoms with Crippen molar-refractivity contribution in [2.75, 3.05) is 0 Å². The molecule has 0 spiro atoms. The summed E-state index contributed by atoms with van der Waals surface area (Å²) in [6.07, 6.45) is 6.30. The monoisotopic (exact) mass is 312 g/mol. The van der Waals surface area contributed by atoms with Gasteiger partial charge in [-0.25, -0.2) is 0 Å². The molecule has 2 N–H and O–H groups in total. The highest BCUT2D eigenvalue weighted by atomic mass is 16.3. The first-order valence-corrected chi connectivity index (χ1v) is 8.99. The summed E-state index contributed by atoms with van der Waals surface area (Å²) < 4.78 is 0. The van der Waals surface area contributed by atoms with E-state index in [1.165, 1.54) is 11.1 Å². The van der Waals surface area contributed by atoms with Crippen LogP contribution in [-0.2, 0) is 11.2 Å². The molecule has 3 nitrogen and oxygen atoms in total. The lowest BCUT2D eigenvalue weighted by atomic mass is 9.48. The molecule has 5 atom stereocenters. The maximum Gasteiger partial charge on any atom is 0.165 e. The van der Waals surface area contributed by atoms with E-state index in [4.69, 9.17) is 0 Å². The summed E-state index contributed by atoms with van der Waals surface area (Å²) in [6.45, 7) is 2.19. The summed E-state index contributed by atoms with van der Waals surface area (Å²) in [4.78, 5) is 12.6. The van der Waals surface area contributed by atoms with Gasteiger partial charge in [0.15, 0.2) is 5.78 Å². The van der Waals surface area contributed by atoms with Crippen molar-refractivity contribution in [3.8, 4) is 5.75 Å². The van der Waals surface area contributed by atoms with Crippen LogP contribution in [-0.4, -0.2) is 21.6 Å². The van der Waals surface area contributed by atoms with E-state index in [9.17, 15) is 15.0 Å². The molecule has 3 saturated carbocycles. The summed E-state index contributed by atoms with van der Waals surface area (Å²) in [6, 6.07) is 5.82. The normalized spacial score (nSPS) is 47.1. The summed E-state index contributed by atoms with van der Waals surface area (Å²) in [7, 11) is 0. The fraction of sp³-hybridized carbons (Fsp3) is 0.650. The van der Waals surface area contributed by atoms with E-state index in [2.05, 4.69) is 13.0 Å². The smallest absolute Gasteiger partial charge is 0.165 e. The Morgan fingerprint density at radius 1 is 1.17 bits per heavy atom.